The molecule has 1 heterocycles. The molecular formula is C11H20N2O2. The van der Waals surface area contributed by atoms with Crippen LogP contribution in [0.25, 0.3) is 0 Å². The molecule has 2 N–H and O–H groups in total. The Bertz CT molecular complexity index is 227. The van der Waals surface area contributed by atoms with Crippen molar-refractivity contribution in [3.05, 3.63) is 0 Å². The molecule has 1 aliphatic carbocycles. The number of amides is 1. The molecule has 2 fully saturated rings. The summed E-state index contributed by atoms with van der Waals surface area (Å²) in [5.41, 5.74) is 5.75. The van der Waals surface area contributed by atoms with E-state index in [2.05, 4.69) is 0 Å². The maximum Gasteiger partial charge on any atom is 0.248 e. The quantitative estimate of drug-likeness (QED) is 0.741. The van der Waals surface area contributed by atoms with Gasteiger partial charge in [-0.15, -0.1) is 0 Å². The molecule has 2 rings (SSSR count). The Morgan fingerprint density at radius 1 is 1.33 bits per heavy atom. The Morgan fingerprint density at radius 2 is 2.07 bits per heavy atom. The van der Waals surface area contributed by atoms with E-state index in [0.717, 1.165) is 25.8 Å². The van der Waals surface area contributed by atoms with E-state index in [9.17, 15) is 4.79 Å². The summed E-state index contributed by atoms with van der Waals surface area (Å²) in [6.07, 6.45) is 5.97. The molecule has 1 atom stereocenters. The van der Waals surface area contributed by atoms with Crippen LogP contribution in [0.2, 0.25) is 0 Å². The molecule has 1 saturated carbocycles. The molecule has 0 aromatic carbocycles. The van der Waals surface area contributed by atoms with Crippen LogP contribution < -0.4 is 5.73 Å². The molecule has 86 valence electrons. The summed E-state index contributed by atoms with van der Waals surface area (Å²) in [5.74, 6) is 0.106. The lowest BCUT2D eigenvalue weighted by Gasteiger charge is -2.17. The van der Waals surface area contributed by atoms with Crippen LogP contribution in [0.4, 0.5) is 0 Å². The fourth-order valence-corrected chi connectivity index (χ4v) is 2.35. The van der Waals surface area contributed by atoms with Crippen molar-refractivity contribution in [2.45, 2.75) is 44.2 Å². The molecule has 4 nitrogen and oxygen atoms in total. The van der Waals surface area contributed by atoms with Crippen LogP contribution in [0.1, 0.15) is 32.1 Å². The minimum Gasteiger partial charge on any atom is -0.368 e. The Kier molecular flexibility index (Phi) is 3.59. The second-order valence-corrected chi connectivity index (χ2v) is 4.61. The van der Waals surface area contributed by atoms with Crippen LogP contribution in [0.15, 0.2) is 0 Å². The molecule has 4 heteroatoms. The van der Waals surface area contributed by atoms with Gasteiger partial charge < -0.3 is 15.4 Å². The standard InChI is InChI=1S/C11H20N2O2/c12-9-5-6-13(7-9)11(14)8-15-10-3-1-2-4-10/h9-10H,1-8,12H2/t9-/m1/s1. The average molecular weight is 212 g/mol. The average Bonchev–Trinajstić information content (AvgIpc) is 2.84. The molecular weight excluding hydrogens is 192 g/mol. The number of likely N-dealkylation sites (tertiary alicyclic amines) is 1. The highest BCUT2D eigenvalue weighted by atomic mass is 16.5. The first kappa shape index (κ1) is 10.9. The van der Waals surface area contributed by atoms with Gasteiger partial charge in [0.15, 0.2) is 0 Å². The number of ether oxygens (including phenoxy) is 1. The first-order valence-electron chi connectivity index (χ1n) is 5.90. The van der Waals surface area contributed by atoms with Gasteiger partial charge in [-0.2, -0.15) is 0 Å². The number of nitrogens with zero attached hydrogens (tertiary/aromatic N) is 1. The minimum absolute atomic E-state index is 0.106. The fraction of sp³-hybridized carbons (Fsp3) is 0.909. The molecule has 0 aromatic rings. The second kappa shape index (κ2) is 4.94. The van der Waals surface area contributed by atoms with E-state index in [1.54, 1.807) is 0 Å². The van der Waals surface area contributed by atoms with Gasteiger partial charge in [0.1, 0.15) is 6.61 Å². The lowest BCUT2D eigenvalue weighted by molar-refractivity contribution is -0.137. The van der Waals surface area contributed by atoms with Crippen molar-refractivity contribution < 1.29 is 9.53 Å². The van der Waals surface area contributed by atoms with Crippen molar-refractivity contribution in [3.63, 3.8) is 0 Å². The first-order chi connectivity index (χ1) is 7.25. The first-order valence-corrected chi connectivity index (χ1v) is 5.90. The summed E-state index contributed by atoms with van der Waals surface area (Å²) in [6.45, 7) is 1.75. The zero-order valence-corrected chi connectivity index (χ0v) is 9.15. The van der Waals surface area contributed by atoms with Gasteiger partial charge in [-0.3, -0.25) is 4.79 Å². The monoisotopic (exact) mass is 212 g/mol. The highest BCUT2D eigenvalue weighted by Crippen LogP contribution is 2.21. The highest BCUT2D eigenvalue weighted by molar-refractivity contribution is 5.77. The molecule has 1 aliphatic heterocycles. The van der Waals surface area contributed by atoms with Gasteiger partial charge >= 0.3 is 0 Å². The third-order valence-electron chi connectivity index (χ3n) is 3.32. The summed E-state index contributed by atoms with van der Waals surface area (Å²) in [5, 5.41) is 0. The maximum absolute atomic E-state index is 11.7. The van der Waals surface area contributed by atoms with Gasteiger partial charge in [0.25, 0.3) is 0 Å². The summed E-state index contributed by atoms with van der Waals surface area (Å²) in [4.78, 5) is 13.5. The number of hydrogen-bond donors (Lipinski definition) is 1. The van der Waals surface area contributed by atoms with Gasteiger partial charge in [-0.25, -0.2) is 0 Å². The molecule has 1 amide bonds. The number of carbonyl (C=O) groups excluding carboxylic acids is 1. The SMILES string of the molecule is N[C@@H]1CCN(C(=O)COC2CCCC2)C1. The smallest absolute Gasteiger partial charge is 0.248 e. The Morgan fingerprint density at radius 3 is 2.67 bits per heavy atom. The predicted octanol–water partition coefficient (Wildman–Crippen LogP) is 0.505. The van der Waals surface area contributed by atoms with E-state index >= 15 is 0 Å². The summed E-state index contributed by atoms with van der Waals surface area (Å²) >= 11 is 0. The molecule has 0 spiro atoms. The third-order valence-corrected chi connectivity index (χ3v) is 3.32. The lowest BCUT2D eigenvalue weighted by Crippen LogP contribution is -2.35. The van der Waals surface area contributed by atoms with E-state index < -0.39 is 0 Å². The van der Waals surface area contributed by atoms with Crippen molar-refractivity contribution in [1.29, 1.82) is 0 Å². The molecule has 0 unspecified atom stereocenters. The molecule has 15 heavy (non-hydrogen) atoms. The fourth-order valence-electron chi connectivity index (χ4n) is 2.35. The van der Waals surface area contributed by atoms with Crippen LogP contribution in [0, 0.1) is 0 Å². The highest BCUT2D eigenvalue weighted by Gasteiger charge is 2.24. The third kappa shape index (κ3) is 2.92. The minimum atomic E-state index is 0.106. The van der Waals surface area contributed by atoms with Crippen LogP contribution >= 0.6 is 0 Å². The molecule has 0 aromatic heterocycles. The molecule has 2 aliphatic rings. The number of carbonyl (C=O) groups is 1. The summed E-state index contributed by atoms with van der Waals surface area (Å²) < 4.78 is 5.58. The van der Waals surface area contributed by atoms with Crippen LogP contribution in [0.3, 0.4) is 0 Å². The zero-order chi connectivity index (χ0) is 10.7. The maximum atomic E-state index is 11.7. The zero-order valence-electron chi connectivity index (χ0n) is 9.15. The van der Waals surface area contributed by atoms with Crippen molar-refractivity contribution >= 4 is 5.91 Å². The van der Waals surface area contributed by atoms with Crippen LogP contribution in [-0.4, -0.2) is 42.6 Å². The van der Waals surface area contributed by atoms with Crippen molar-refractivity contribution in [1.82, 2.24) is 4.90 Å². The van der Waals surface area contributed by atoms with Crippen LogP contribution in [0.5, 0.6) is 0 Å². The second-order valence-electron chi connectivity index (χ2n) is 4.61. The number of rotatable bonds is 3. The molecule has 1 saturated heterocycles. The number of nitrogens with two attached hydrogens (primary N) is 1. The van der Waals surface area contributed by atoms with E-state index in [4.69, 9.17) is 10.5 Å². The van der Waals surface area contributed by atoms with Gasteiger partial charge in [-0.1, -0.05) is 12.8 Å². The molecule has 0 radical (unpaired) electrons. The van der Waals surface area contributed by atoms with Gasteiger partial charge in [0.05, 0.1) is 6.10 Å². The Hall–Kier alpha value is -0.610. The Balaban J connectivity index is 1.67. The summed E-state index contributed by atoms with van der Waals surface area (Å²) in [6, 6.07) is 0.167. The van der Waals surface area contributed by atoms with E-state index in [-0.39, 0.29) is 18.6 Å². The van der Waals surface area contributed by atoms with Gasteiger partial charge in [0.2, 0.25) is 5.91 Å². The van der Waals surface area contributed by atoms with E-state index in [1.165, 1.54) is 12.8 Å². The van der Waals surface area contributed by atoms with Gasteiger partial charge in [0, 0.05) is 19.1 Å². The van der Waals surface area contributed by atoms with Crippen LogP contribution in [-0.2, 0) is 9.53 Å². The topological polar surface area (TPSA) is 55.6 Å². The predicted molar refractivity (Wildman–Crippen MR) is 57.4 cm³/mol. The number of hydrogen-bond acceptors (Lipinski definition) is 3. The largest absolute Gasteiger partial charge is 0.368 e. The van der Waals surface area contributed by atoms with Crippen molar-refractivity contribution in [2.75, 3.05) is 19.7 Å². The Labute approximate surface area is 90.8 Å². The summed E-state index contributed by atoms with van der Waals surface area (Å²) in [7, 11) is 0. The lowest BCUT2D eigenvalue weighted by atomic mass is 10.3. The van der Waals surface area contributed by atoms with Crippen molar-refractivity contribution in [2.24, 2.45) is 5.73 Å². The molecule has 0 bridgehead atoms. The van der Waals surface area contributed by atoms with E-state index in [1.807, 2.05) is 4.90 Å². The van der Waals surface area contributed by atoms with E-state index in [0.29, 0.717) is 12.6 Å². The van der Waals surface area contributed by atoms with Crippen molar-refractivity contribution in [3.8, 4) is 0 Å². The normalized spacial score (nSPS) is 27.5. The van der Waals surface area contributed by atoms with Gasteiger partial charge in [-0.05, 0) is 19.3 Å².